The lowest BCUT2D eigenvalue weighted by Crippen LogP contribution is -2.48. The number of benzene rings is 1. The normalized spacial score (nSPS) is 19.0. The van der Waals surface area contributed by atoms with E-state index in [0.29, 0.717) is 16.4 Å². The highest BCUT2D eigenvalue weighted by atomic mass is 32.1. The zero-order valence-corrected chi connectivity index (χ0v) is 54.6. The maximum atomic E-state index is 14.1. The Morgan fingerprint density at radius 2 is 1.09 bits per heavy atom. The molecule has 5 N–H and O–H groups in total. The summed E-state index contributed by atoms with van der Waals surface area (Å²) in [6.45, 7) is 21.9. The standard InChI is InChI=1S/C38H56N4O7S.C26H41N3O6S.4H2/c1-8-24(4)29(20-33(44)30-16-12-13-17-39-30)37(46)42(7)32(23(2)3)21-34(49-26(6)43)36-41-31(22-50-36)35(45)40-28(18-25(5)38(47)48)19-27-14-10-9-11-15-27;1-7-16(4)18(12-22(31)19-10-8-9-11-27-19)25(32)29(6)21(15(2)3)13-23(35-17(5)30)24-28-20(14-36-24)26(33)34;;;;/h9-11,14-15,22-25,28-30,32,34,39H,8,12-13,16-21H2,1-7H3,(H,40,45)(H,47,48);14-16,18-19,21,23,27H,7-13H2,1-6H3,(H,33,34);4*1H/t24-,25-,28+,29-,30+,32+,34+;16-,18-,19+,21+,23+;;;;/m00..../s1/i;;3*1+2T;1+2. The van der Waals surface area contributed by atoms with Crippen LogP contribution in [0.2, 0.25) is 0 Å². The number of hydrogen-bond donors (Lipinski definition) is 5. The van der Waals surface area contributed by atoms with E-state index in [1.807, 2.05) is 85.7 Å². The lowest BCUT2D eigenvalue weighted by Gasteiger charge is -2.37. The molecule has 4 heterocycles. The second kappa shape index (κ2) is 35.7. The lowest BCUT2D eigenvalue weighted by molar-refractivity contribution is -0.150. The van der Waals surface area contributed by atoms with Gasteiger partial charge in [0.1, 0.15) is 15.7 Å². The predicted octanol–water partition coefficient (Wildman–Crippen LogP) is 10.9. The minimum Gasteiger partial charge on any atom is -0.481 e. The Kier molecular flexibility index (Phi) is 28.1. The summed E-state index contributed by atoms with van der Waals surface area (Å²) in [4.78, 5) is 127. The van der Waals surface area contributed by atoms with Gasteiger partial charge >= 0.3 is 23.9 Å². The van der Waals surface area contributed by atoms with Crippen LogP contribution in [0, 0.1) is 41.4 Å². The van der Waals surface area contributed by atoms with Crippen LogP contribution in [0.15, 0.2) is 41.1 Å². The number of carboxylic acid groups (broad SMARTS) is 2. The third-order valence-electron chi connectivity index (χ3n) is 17.1. The highest BCUT2D eigenvalue weighted by molar-refractivity contribution is 7.10. The minimum atomic E-state index is -1.15. The van der Waals surface area contributed by atoms with Crippen molar-refractivity contribution in [3.8, 4) is 0 Å². The molecular weight excluding hydrogens is 1140 g/mol. The summed E-state index contributed by atoms with van der Waals surface area (Å²) in [5, 5.41) is 32.2. The highest BCUT2D eigenvalue weighted by Crippen LogP contribution is 2.35. The molecule has 20 nitrogen and oxygen atoms in total. The van der Waals surface area contributed by atoms with Crippen LogP contribution in [-0.2, 0) is 49.5 Å². The number of Topliss-reactive ketones (excluding diaryl/α,β-unsaturated/α-hetero) is 2. The fourth-order valence-electron chi connectivity index (χ4n) is 11.4. The number of ether oxygens (including phenoxy) is 2. The highest BCUT2D eigenvalue weighted by Gasteiger charge is 2.39. The number of aromatic nitrogens is 2. The molecular formula is C64H105N7O13S2. The van der Waals surface area contributed by atoms with Crippen molar-refractivity contribution >= 4 is 75.8 Å². The number of nitrogens with one attached hydrogen (secondary N) is 3. The molecule has 1 aromatic carbocycles. The van der Waals surface area contributed by atoms with Gasteiger partial charge in [0.05, 0.1) is 18.0 Å². The number of esters is 2. The van der Waals surface area contributed by atoms with Gasteiger partial charge in [0.15, 0.2) is 29.5 Å². The summed E-state index contributed by atoms with van der Waals surface area (Å²) in [5.41, 5.74) is 0.998. The van der Waals surface area contributed by atoms with Crippen molar-refractivity contribution in [2.45, 2.75) is 208 Å². The number of aromatic carboxylic acids is 1. The van der Waals surface area contributed by atoms with Crippen molar-refractivity contribution in [1.29, 1.82) is 0 Å². The zero-order valence-electron chi connectivity index (χ0n) is 58.9. The maximum absolute atomic E-state index is 14.1. The Morgan fingerprint density at radius 1 is 0.663 bits per heavy atom. The molecule has 0 aliphatic carbocycles. The van der Waals surface area contributed by atoms with Gasteiger partial charge in [0.2, 0.25) is 11.8 Å². The number of aliphatic carboxylic acids is 1. The largest absolute Gasteiger partial charge is 0.481 e. The second-order valence-electron chi connectivity index (χ2n) is 24.3. The van der Waals surface area contributed by atoms with Crippen LogP contribution in [0.4, 0.5) is 0 Å². The number of carbonyl (C=O) groups is 9. The van der Waals surface area contributed by atoms with Crippen LogP contribution in [0.3, 0.4) is 0 Å². The van der Waals surface area contributed by atoms with E-state index in [1.54, 1.807) is 36.2 Å². The number of piperidine rings is 2. The smallest absolute Gasteiger partial charge is 0.355 e. The molecule has 22 heteroatoms. The van der Waals surface area contributed by atoms with E-state index >= 15 is 0 Å². The molecule has 12 atom stereocenters. The lowest BCUT2D eigenvalue weighted by atomic mass is 9.83. The molecule has 0 spiro atoms. The SMILES string of the molecule is CC[C@H](C)[C@H](CC(=O)[C@H]1CCCCN1)C(=O)N(C)[C@H](C[C@@H](OC(C)=O)c1nc(C(=O)N[C@@H](Cc2ccccc2)C[C@H](C)C(=O)O)cs1)C(C)C.CC[C@H](C)[C@H](CC(=O)[C@H]1CCCCN1)C(=O)N(C)[C@H](C[C@@H](OC(C)=O)c1nc(C(=O)O)cs1)C(C)C.[3HH].[3H][3H].[3H][3H].[3H][3H]. The molecule has 5 rings (SSSR count). The van der Waals surface area contributed by atoms with Crippen molar-refractivity contribution in [2.75, 3.05) is 27.2 Å². The number of carbonyl (C=O) groups excluding carboxylic acids is 7. The average Bonchev–Trinajstić information content (AvgIpc) is 1.83. The predicted molar refractivity (Wildman–Crippen MR) is 340 cm³/mol. The third-order valence-corrected chi connectivity index (χ3v) is 18.9. The van der Waals surface area contributed by atoms with Crippen LogP contribution in [0.5, 0.6) is 0 Å². The summed E-state index contributed by atoms with van der Waals surface area (Å²) < 4.78 is 41.3. The number of nitrogens with zero attached hydrogens (tertiary/aromatic N) is 4. The number of carboxylic acids is 2. The number of rotatable bonds is 32. The Hall–Kier alpha value is -5.97. The molecule has 486 valence electrons. The molecule has 2 aromatic heterocycles. The summed E-state index contributed by atoms with van der Waals surface area (Å²) in [6.07, 6.45) is 7.24. The quantitative estimate of drug-likeness (QED) is 0.0363. The molecule has 3 amide bonds. The van der Waals surface area contributed by atoms with Gasteiger partial charge in [-0.3, -0.25) is 38.4 Å². The van der Waals surface area contributed by atoms with E-state index in [0.717, 1.165) is 81.4 Å². The van der Waals surface area contributed by atoms with Crippen molar-refractivity contribution in [1.82, 2.24) is 35.7 Å². The number of ketones is 2. The van der Waals surface area contributed by atoms with E-state index < -0.39 is 65.8 Å². The molecule has 86 heavy (non-hydrogen) atoms. The summed E-state index contributed by atoms with van der Waals surface area (Å²) in [5.74, 6) is -5.17. The maximum Gasteiger partial charge on any atom is 0.355 e. The molecule has 3 aromatic rings. The van der Waals surface area contributed by atoms with Crippen LogP contribution >= 0.6 is 22.7 Å². The fourth-order valence-corrected chi connectivity index (χ4v) is 13.1. The molecule has 2 fully saturated rings. The second-order valence-corrected chi connectivity index (χ2v) is 26.1. The third kappa shape index (κ3) is 22.3. The first-order chi connectivity index (χ1) is 43.7. The first-order valence-electron chi connectivity index (χ1n) is 33.8. The van der Waals surface area contributed by atoms with Gasteiger partial charge in [-0.25, -0.2) is 14.8 Å². The van der Waals surface area contributed by atoms with Gasteiger partial charge in [-0.15, -0.1) is 22.7 Å². The first-order valence-corrected chi connectivity index (χ1v) is 32.5. The van der Waals surface area contributed by atoms with Crippen molar-refractivity contribution in [2.24, 2.45) is 41.4 Å². The van der Waals surface area contributed by atoms with E-state index in [9.17, 15) is 53.4 Å². The monoisotopic (exact) mass is 1260 g/mol. The molecule has 2 aliphatic heterocycles. The Balaban J connectivity index is 0.00000174. The van der Waals surface area contributed by atoms with Crippen molar-refractivity contribution < 1.29 is 73.2 Å². The zero-order chi connectivity index (χ0) is 69.9. The topological polar surface area (TPSA) is 281 Å². The molecule has 2 aliphatic rings. The summed E-state index contributed by atoms with van der Waals surface area (Å²) in [6, 6.07) is 8.03. The van der Waals surface area contributed by atoms with Gasteiger partial charge in [-0.2, -0.15) is 0 Å². The van der Waals surface area contributed by atoms with Crippen LogP contribution in [0.1, 0.15) is 219 Å². The Labute approximate surface area is 527 Å². The molecule has 0 unspecified atom stereocenters. The van der Waals surface area contributed by atoms with Crippen molar-refractivity contribution in [3.63, 3.8) is 0 Å². The van der Waals surface area contributed by atoms with Gasteiger partial charge in [-0.1, -0.05) is 118 Å². The van der Waals surface area contributed by atoms with Crippen molar-refractivity contribution in [3.05, 3.63) is 68.1 Å². The molecule has 0 radical (unpaired) electrons. The van der Waals surface area contributed by atoms with Gasteiger partial charge in [0.25, 0.3) is 5.91 Å². The number of amides is 3. The van der Waals surface area contributed by atoms with E-state index in [1.165, 1.54) is 30.6 Å². The first kappa shape index (κ1) is 67.5. The van der Waals surface area contributed by atoms with Gasteiger partial charge in [-0.05, 0) is 80.8 Å². The Bertz CT molecular complexity index is 2720. The molecule has 0 bridgehead atoms. The minimum absolute atomic E-state index is 0. The van der Waals surface area contributed by atoms with Crippen LogP contribution < -0.4 is 16.0 Å². The molecule has 2 saturated heterocycles. The number of hydrogen-bond acceptors (Lipinski definition) is 17. The summed E-state index contributed by atoms with van der Waals surface area (Å²) >= 11 is 2.31. The van der Waals surface area contributed by atoms with E-state index in [2.05, 4.69) is 25.9 Å². The Morgan fingerprint density at radius 3 is 1.45 bits per heavy atom. The fraction of sp³-hybridized carbons (Fsp3) is 0.672. The average molecular weight is 1260 g/mol. The van der Waals surface area contributed by atoms with E-state index in [4.69, 9.17) is 18.4 Å². The van der Waals surface area contributed by atoms with E-state index in [-0.39, 0.29) is 116 Å². The van der Waals surface area contributed by atoms with Gasteiger partial charge < -0.3 is 45.4 Å². The van der Waals surface area contributed by atoms with Crippen LogP contribution in [0.25, 0.3) is 0 Å². The van der Waals surface area contributed by atoms with Crippen LogP contribution in [-0.4, -0.2) is 141 Å². The molecule has 0 saturated carbocycles. The number of thiazole rings is 2. The summed E-state index contributed by atoms with van der Waals surface area (Å²) in [7, 11) is 3.49. The van der Waals surface area contributed by atoms with Gasteiger partial charge in [0, 0.05) is 105 Å².